The Morgan fingerprint density at radius 3 is 2.71 bits per heavy atom. The molecular formula is C13H22BrN3. The second-order valence-corrected chi connectivity index (χ2v) is 5.94. The molecule has 1 aromatic rings. The fraction of sp³-hybridized carbons (Fsp3) is 0.538. The molecule has 0 saturated carbocycles. The lowest BCUT2D eigenvalue weighted by molar-refractivity contribution is 0.454. The SMILES string of the molecule is CC(C)(CNCC(N)CN)c1cccc(Br)c1. The van der Waals surface area contributed by atoms with Crippen LogP contribution in [0.4, 0.5) is 0 Å². The van der Waals surface area contributed by atoms with Crippen molar-refractivity contribution in [3.8, 4) is 0 Å². The van der Waals surface area contributed by atoms with Crippen LogP contribution in [0.1, 0.15) is 19.4 Å². The Labute approximate surface area is 112 Å². The van der Waals surface area contributed by atoms with Gasteiger partial charge in [-0.1, -0.05) is 41.9 Å². The minimum Gasteiger partial charge on any atom is -0.329 e. The van der Waals surface area contributed by atoms with E-state index in [0.29, 0.717) is 6.54 Å². The van der Waals surface area contributed by atoms with E-state index in [9.17, 15) is 0 Å². The standard InChI is InChI=1S/C13H22BrN3/c1-13(2,9-17-8-12(16)7-15)10-4-3-5-11(14)6-10/h3-6,12,17H,7-9,15-16H2,1-2H3. The Morgan fingerprint density at radius 2 is 2.12 bits per heavy atom. The first-order valence-electron chi connectivity index (χ1n) is 5.88. The first kappa shape index (κ1) is 14.6. The van der Waals surface area contributed by atoms with Crippen molar-refractivity contribution in [2.24, 2.45) is 11.5 Å². The van der Waals surface area contributed by atoms with Crippen LogP contribution in [0.5, 0.6) is 0 Å². The van der Waals surface area contributed by atoms with Crippen molar-refractivity contribution in [3.05, 3.63) is 34.3 Å². The molecule has 0 heterocycles. The van der Waals surface area contributed by atoms with Gasteiger partial charge in [0.2, 0.25) is 0 Å². The summed E-state index contributed by atoms with van der Waals surface area (Å²) in [6, 6.07) is 8.44. The molecule has 0 saturated heterocycles. The van der Waals surface area contributed by atoms with Gasteiger partial charge in [-0.3, -0.25) is 0 Å². The topological polar surface area (TPSA) is 64.1 Å². The highest BCUT2D eigenvalue weighted by Crippen LogP contribution is 2.24. The van der Waals surface area contributed by atoms with Gasteiger partial charge in [-0.05, 0) is 17.7 Å². The highest BCUT2D eigenvalue weighted by Gasteiger charge is 2.20. The van der Waals surface area contributed by atoms with Gasteiger partial charge in [0.15, 0.2) is 0 Å². The smallest absolute Gasteiger partial charge is 0.0290 e. The quantitative estimate of drug-likeness (QED) is 0.748. The maximum atomic E-state index is 5.77. The second-order valence-electron chi connectivity index (χ2n) is 5.02. The Bertz CT molecular complexity index is 352. The summed E-state index contributed by atoms with van der Waals surface area (Å²) in [5.74, 6) is 0. The zero-order valence-corrected chi connectivity index (χ0v) is 12.1. The fourth-order valence-corrected chi connectivity index (χ4v) is 2.06. The summed E-state index contributed by atoms with van der Waals surface area (Å²) in [4.78, 5) is 0. The highest BCUT2D eigenvalue weighted by molar-refractivity contribution is 9.10. The number of hydrogen-bond acceptors (Lipinski definition) is 3. The van der Waals surface area contributed by atoms with Crippen molar-refractivity contribution in [2.45, 2.75) is 25.3 Å². The van der Waals surface area contributed by atoms with E-state index < -0.39 is 0 Å². The minimum atomic E-state index is 0.0355. The molecule has 1 aromatic carbocycles. The summed E-state index contributed by atoms with van der Waals surface area (Å²) in [7, 11) is 0. The fourth-order valence-electron chi connectivity index (χ4n) is 1.66. The molecule has 0 aliphatic rings. The number of nitrogens with one attached hydrogen (secondary N) is 1. The van der Waals surface area contributed by atoms with E-state index in [0.717, 1.165) is 17.6 Å². The van der Waals surface area contributed by atoms with Crippen molar-refractivity contribution in [2.75, 3.05) is 19.6 Å². The Morgan fingerprint density at radius 1 is 1.41 bits per heavy atom. The molecule has 4 heteroatoms. The van der Waals surface area contributed by atoms with Crippen LogP contribution in [-0.4, -0.2) is 25.7 Å². The molecule has 0 aliphatic heterocycles. The lowest BCUT2D eigenvalue weighted by Crippen LogP contribution is -2.43. The zero-order chi connectivity index (χ0) is 12.9. The molecular weight excluding hydrogens is 278 g/mol. The van der Waals surface area contributed by atoms with Gasteiger partial charge in [-0.15, -0.1) is 0 Å². The van der Waals surface area contributed by atoms with Crippen molar-refractivity contribution in [1.29, 1.82) is 0 Å². The first-order chi connectivity index (χ1) is 7.95. The summed E-state index contributed by atoms with van der Waals surface area (Å²) >= 11 is 3.50. The third kappa shape index (κ3) is 4.76. The molecule has 1 unspecified atom stereocenters. The van der Waals surface area contributed by atoms with Crippen LogP contribution >= 0.6 is 15.9 Å². The van der Waals surface area contributed by atoms with E-state index in [1.165, 1.54) is 5.56 Å². The van der Waals surface area contributed by atoms with Gasteiger partial charge in [-0.25, -0.2) is 0 Å². The molecule has 0 bridgehead atoms. The monoisotopic (exact) mass is 299 g/mol. The predicted molar refractivity (Wildman–Crippen MR) is 77.1 cm³/mol. The van der Waals surface area contributed by atoms with Crippen molar-refractivity contribution in [1.82, 2.24) is 5.32 Å². The van der Waals surface area contributed by atoms with Crippen molar-refractivity contribution >= 4 is 15.9 Å². The van der Waals surface area contributed by atoms with Gasteiger partial charge >= 0.3 is 0 Å². The number of halogens is 1. The largest absolute Gasteiger partial charge is 0.329 e. The van der Waals surface area contributed by atoms with Crippen LogP contribution in [0.3, 0.4) is 0 Å². The number of hydrogen-bond donors (Lipinski definition) is 3. The number of rotatable bonds is 6. The lowest BCUT2D eigenvalue weighted by atomic mass is 9.84. The van der Waals surface area contributed by atoms with Crippen molar-refractivity contribution in [3.63, 3.8) is 0 Å². The van der Waals surface area contributed by atoms with E-state index in [1.807, 2.05) is 6.07 Å². The van der Waals surface area contributed by atoms with Crippen LogP contribution in [0, 0.1) is 0 Å². The van der Waals surface area contributed by atoms with Gasteiger partial charge in [0, 0.05) is 35.6 Å². The third-order valence-corrected chi connectivity index (χ3v) is 3.38. The molecule has 0 radical (unpaired) electrons. The molecule has 0 aliphatic carbocycles. The van der Waals surface area contributed by atoms with E-state index in [4.69, 9.17) is 11.5 Å². The Kier molecular flexibility index (Phi) is 5.59. The lowest BCUT2D eigenvalue weighted by Gasteiger charge is -2.26. The van der Waals surface area contributed by atoms with Crippen LogP contribution in [0.2, 0.25) is 0 Å². The van der Waals surface area contributed by atoms with E-state index >= 15 is 0 Å². The molecule has 1 atom stereocenters. The summed E-state index contributed by atoms with van der Waals surface area (Å²) in [5.41, 5.74) is 12.6. The first-order valence-corrected chi connectivity index (χ1v) is 6.67. The summed E-state index contributed by atoms with van der Waals surface area (Å²) in [5, 5.41) is 3.37. The molecule has 1 rings (SSSR count). The highest BCUT2D eigenvalue weighted by atomic mass is 79.9. The Balaban J connectivity index is 2.56. The molecule has 5 N–H and O–H groups in total. The average molecular weight is 300 g/mol. The number of benzene rings is 1. The molecule has 0 spiro atoms. The van der Waals surface area contributed by atoms with E-state index in [-0.39, 0.29) is 11.5 Å². The summed E-state index contributed by atoms with van der Waals surface area (Å²) in [6.45, 7) is 6.60. The van der Waals surface area contributed by atoms with Crippen LogP contribution in [0.15, 0.2) is 28.7 Å². The van der Waals surface area contributed by atoms with Gasteiger partial charge in [0.25, 0.3) is 0 Å². The van der Waals surface area contributed by atoms with Crippen LogP contribution in [0.25, 0.3) is 0 Å². The van der Waals surface area contributed by atoms with Gasteiger partial charge < -0.3 is 16.8 Å². The summed E-state index contributed by atoms with van der Waals surface area (Å²) < 4.78 is 1.11. The van der Waals surface area contributed by atoms with E-state index in [2.05, 4.69) is 53.3 Å². The normalized spacial score (nSPS) is 13.7. The second kappa shape index (κ2) is 6.50. The molecule has 0 amide bonds. The number of nitrogens with two attached hydrogens (primary N) is 2. The predicted octanol–water partition coefficient (Wildman–Crippen LogP) is 1.60. The summed E-state index contributed by atoms with van der Waals surface area (Å²) in [6.07, 6.45) is 0. The third-order valence-electron chi connectivity index (χ3n) is 2.88. The van der Waals surface area contributed by atoms with Gasteiger partial charge in [0.1, 0.15) is 0 Å². The minimum absolute atomic E-state index is 0.0355. The average Bonchev–Trinajstić information content (AvgIpc) is 2.28. The van der Waals surface area contributed by atoms with Crippen LogP contribution in [-0.2, 0) is 5.41 Å². The molecule has 96 valence electrons. The molecule has 3 nitrogen and oxygen atoms in total. The van der Waals surface area contributed by atoms with E-state index in [1.54, 1.807) is 0 Å². The molecule has 0 aromatic heterocycles. The Hall–Kier alpha value is -0.420. The van der Waals surface area contributed by atoms with Gasteiger partial charge in [-0.2, -0.15) is 0 Å². The van der Waals surface area contributed by atoms with Gasteiger partial charge in [0.05, 0.1) is 0 Å². The van der Waals surface area contributed by atoms with Crippen molar-refractivity contribution < 1.29 is 0 Å². The molecule has 0 fully saturated rings. The van der Waals surface area contributed by atoms with Crippen LogP contribution < -0.4 is 16.8 Å². The maximum Gasteiger partial charge on any atom is 0.0290 e. The zero-order valence-electron chi connectivity index (χ0n) is 10.5. The molecule has 17 heavy (non-hydrogen) atoms. The maximum absolute atomic E-state index is 5.77.